The Hall–Kier alpha value is -0.580. The molecule has 0 spiro atoms. The molecule has 0 saturated carbocycles. The number of aryl methyl sites for hydroxylation is 2. The van der Waals surface area contributed by atoms with Crippen molar-refractivity contribution in [1.82, 2.24) is 0 Å². The van der Waals surface area contributed by atoms with Crippen LogP contribution < -0.4 is 4.74 Å². The Bertz CT molecular complexity index is 349. The van der Waals surface area contributed by atoms with Crippen molar-refractivity contribution in [2.75, 3.05) is 4.43 Å². The first-order valence-corrected chi connectivity index (χ1v) is 6.41. The Kier molecular flexibility index (Phi) is 4.57. The molecule has 0 atom stereocenters. The second-order valence-electron chi connectivity index (χ2n) is 3.60. The van der Waals surface area contributed by atoms with E-state index in [1.54, 1.807) is 0 Å². The van der Waals surface area contributed by atoms with Gasteiger partial charge in [0.15, 0.2) is 0 Å². The number of benzene rings is 1. The van der Waals surface area contributed by atoms with E-state index >= 15 is 0 Å². The van der Waals surface area contributed by atoms with E-state index < -0.39 is 0 Å². The van der Waals surface area contributed by atoms with Crippen LogP contribution >= 0.6 is 22.6 Å². The molecule has 0 N–H and O–H groups in total. The molecule has 0 fully saturated rings. The molecule has 0 aliphatic rings. The van der Waals surface area contributed by atoms with Gasteiger partial charge in [0, 0.05) is 4.43 Å². The zero-order valence-corrected chi connectivity index (χ0v) is 11.4. The van der Waals surface area contributed by atoms with E-state index in [1.165, 1.54) is 5.56 Å². The fourth-order valence-electron chi connectivity index (χ4n) is 1.31. The van der Waals surface area contributed by atoms with Crippen LogP contribution in [0.4, 0.5) is 0 Å². The zero-order chi connectivity index (χ0) is 11.4. The Morgan fingerprint density at radius 2 is 1.80 bits per heavy atom. The smallest absolute Gasteiger partial charge is 0.311 e. The molecule has 3 heteroatoms. The summed E-state index contributed by atoms with van der Waals surface area (Å²) in [6, 6.07) is 3.82. The first-order valence-electron chi connectivity index (χ1n) is 4.89. The van der Waals surface area contributed by atoms with Gasteiger partial charge in [0.1, 0.15) is 5.75 Å². The average Bonchev–Trinajstić information content (AvgIpc) is 2.14. The molecule has 1 rings (SSSR count). The third-order valence-corrected chi connectivity index (χ3v) is 2.97. The van der Waals surface area contributed by atoms with E-state index in [1.807, 2.05) is 26.0 Å². The van der Waals surface area contributed by atoms with Crippen molar-refractivity contribution >= 4 is 28.6 Å². The molecular weight excluding hydrogens is 303 g/mol. The highest BCUT2D eigenvalue weighted by Crippen LogP contribution is 2.21. The second kappa shape index (κ2) is 5.49. The van der Waals surface area contributed by atoms with Gasteiger partial charge >= 0.3 is 5.97 Å². The quantitative estimate of drug-likeness (QED) is 0.370. The normalized spacial score (nSPS) is 10.1. The van der Waals surface area contributed by atoms with Crippen molar-refractivity contribution in [3.05, 3.63) is 28.8 Å². The number of rotatable bonds is 3. The summed E-state index contributed by atoms with van der Waals surface area (Å²) in [4.78, 5) is 11.3. The highest BCUT2D eigenvalue weighted by Gasteiger charge is 2.06. The monoisotopic (exact) mass is 318 g/mol. The van der Waals surface area contributed by atoms with Crippen molar-refractivity contribution < 1.29 is 9.53 Å². The van der Waals surface area contributed by atoms with E-state index in [-0.39, 0.29) is 5.97 Å². The molecule has 15 heavy (non-hydrogen) atoms. The van der Waals surface area contributed by atoms with Crippen molar-refractivity contribution in [3.63, 3.8) is 0 Å². The van der Waals surface area contributed by atoms with Gasteiger partial charge in [-0.15, -0.1) is 0 Å². The molecule has 1 aromatic carbocycles. The molecule has 0 saturated heterocycles. The summed E-state index contributed by atoms with van der Waals surface area (Å²) < 4.78 is 6.02. The lowest BCUT2D eigenvalue weighted by Gasteiger charge is -2.09. The van der Waals surface area contributed by atoms with Gasteiger partial charge in [-0.05, 0) is 49.6 Å². The minimum absolute atomic E-state index is 0.160. The van der Waals surface area contributed by atoms with Crippen LogP contribution in [0.2, 0.25) is 0 Å². The summed E-state index contributed by atoms with van der Waals surface area (Å²) >= 11 is 2.16. The van der Waals surface area contributed by atoms with Crippen LogP contribution in [0, 0.1) is 20.8 Å². The number of ether oxygens (including phenoxy) is 1. The predicted octanol–water partition coefficient (Wildman–Crippen LogP) is 3.34. The van der Waals surface area contributed by atoms with Crippen molar-refractivity contribution in [2.45, 2.75) is 27.2 Å². The van der Waals surface area contributed by atoms with Crippen LogP contribution in [-0.2, 0) is 4.79 Å². The minimum Gasteiger partial charge on any atom is -0.426 e. The maximum atomic E-state index is 11.3. The van der Waals surface area contributed by atoms with Crippen LogP contribution in [-0.4, -0.2) is 10.4 Å². The molecule has 0 aliphatic carbocycles. The Morgan fingerprint density at radius 3 is 2.27 bits per heavy atom. The maximum Gasteiger partial charge on any atom is 0.311 e. The molecule has 0 aliphatic heterocycles. The Morgan fingerprint density at radius 1 is 1.27 bits per heavy atom. The van der Waals surface area contributed by atoms with Gasteiger partial charge in [-0.3, -0.25) is 4.79 Å². The topological polar surface area (TPSA) is 26.3 Å². The molecule has 0 amide bonds. The standard InChI is InChI=1S/C12H15IO2/c1-8-6-11(7-9(2)10(8)3)15-12(14)4-5-13/h6-7H,4-5H2,1-3H3. The summed E-state index contributed by atoms with van der Waals surface area (Å²) in [5.41, 5.74) is 3.57. The number of halogens is 1. The largest absolute Gasteiger partial charge is 0.426 e. The molecule has 0 heterocycles. The maximum absolute atomic E-state index is 11.3. The first kappa shape index (κ1) is 12.5. The number of carbonyl (C=O) groups excluding carboxylic acids is 1. The van der Waals surface area contributed by atoms with E-state index in [9.17, 15) is 4.79 Å². The molecule has 1 aromatic rings. The lowest BCUT2D eigenvalue weighted by atomic mass is 10.0. The molecule has 2 nitrogen and oxygen atoms in total. The summed E-state index contributed by atoms with van der Waals surface area (Å²) in [5, 5.41) is 0. The van der Waals surface area contributed by atoms with Crippen molar-refractivity contribution in [3.8, 4) is 5.75 Å². The van der Waals surface area contributed by atoms with Crippen LogP contribution in [0.25, 0.3) is 0 Å². The molecular formula is C12H15IO2. The first-order chi connectivity index (χ1) is 7.04. The van der Waals surface area contributed by atoms with Crippen LogP contribution in [0.3, 0.4) is 0 Å². The summed E-state index contributed by atoms with van der Waals surface area (Å²) in [6.07, 6.45) is 0.465. The summed E-state index contributed by atoms with van der Waals surface area (Å²) in [6.45, 7) is 6.12. The van der Waals surface area contributed by atoms with Crippen LogP contribution in [0.5, 0.6) is 5.75 Å². The van der Waals surface area contributed by atoms with Gasteiger partial charge in [0.05, 0.1) is 6.42 Å². The molecule has 0 unspecified atom stereocenters. The summed E-state index contributed by atoms with van der Waals surface area (Å²) in [5.74, 6) is 0.498. The molecule has 0 radical (unpaired) electrons. The van der Waals surface area contributed by atoms with Gasteiger partial charge in [0.25, 0.3) is 0 Å². The van der Waals surface area contributed by atoms with Crippen LogP contribution in [0.15, 0.2) is 12.1 Å². The van der Waals surface area contributed by atoms with E-state index in [4.69, 9.17) is 4.74 Å². The van der Waals surface area contributed by atoms with Crippen molar-refractivity contribution in [1.29, 1.82) is 0 Å². The Labute approximate surface area is 104 Å². The molecule has 82 valence electrons. The molecule has 0 bridgehead atoms. The third kappa shape index (κ3) is 3.48. The highest BCUT2D eigenvalue weighted by molar-refractivity contribution is 14.1. The van der Waals surface area contributed by atoms with E-state index in [0.717, 1.165) is 15.6 Å². The lowest BCUT2D eigenvalue weighted by molar-refractivity contribution is -0.133. The third-order valence-electron chi connectivity index (χ3n) is 2.43. The van der Waals surface area contributed by atoms with Gasteiger partial charge < -0.3 is 4.74 Å². The van der Waals surface area contributed by atoms with Gasteiger partial charge in [0.2, 0.25) is 0 Å². The fraction of sp³-hybridized carbons (Fsp3) is 0.417. The Balaban J connectivity index is 2.83. The predicted molar refractivity (Wildman–Crippen MR) is 69.8 cm³/mol. The van der Waals surface area contributed by atoms with E-state index in [2.05, 4.69) is 29.5 Å². The number of alkyl halides is 1. The van der Waals surface area contributed by atoms with Crippen LogP contribution in [0.1, 0.15) is 23.1 Å². The minimum atomic E-state index is -0.160. The van der Waals surface area contributed by atoms with Crippen molar-refractivity contribution in [2.24, 2.45) is 0 Å². The lowest BCUT2D eigenvalue weighted by Crippen LogP contribution is -2.08. The average molecular weight is 318 g/mol. The summed E-state index contributed by atoms with van der Waals surface area (Å²) in [7, 11) is 0. The fourth-order valence-corrected chi connectivity index (χ4v) is 1.75. The second-order valence-corrected chi connectivity index (χ2v) is 4.67. The number of esters is 1. The molecule has 0 aromatic heterocycles. The zero-order valence-electron chi connectivity index (χ0n) is 9.26. The number of carbonyl (C=O) groups is 1. The van der Waals surface area contributed by atoms with Gasteiger partial charge in [-0.1, -0.05) is 22.6 Å². The van der Waals surface area contributed by atoms with Gasteiger partial charge in [-0.25, -0.2) is 0 Å². The van der Waals surface area contributed by atoms with Gasteiger partial charge in [-0.2, -0.15) is 0 Å². The number of hydrogen-bond acceptors (Lipinski definition) is 2. The number of hydrogen-bond donors (Lipinski definition) is 0. The van der Waals surface area contributed by atoms with E-state index in [0.29, 0.717) is 12.2 Å². The SMILES string of the molecule is Cc1cc(OC(=O)CCI)cc(C)c1C. The highest BCUT2D eigenvalue weighted by atomic mass is 127.